The van der Waals surface area contributed by atoms with Crippen LogP contribution in [0.2, 0.25) is 0 Å². The number of nitrogens with zero attached hydrogens (tertiary/aromatic N) is 1. The number of rotatable bonds is 9. The predicted octanol–water partition coefficient (Wildman–Crippen LogP) is 6.03. The number of hydrazone groups is 1. The van der Waals surface area contributed by atoms with E-state index < -0.39 is 11.5 Å². The fourth-order valence-corrected chi connectivity index (χ4v) is 4.66. The highest BCUT2D eigenvalue weighted by Crippen LogP contribution is 2.37. The number of benzene rings is 4. The van der Waals surface area contributed by atoms with E-state index in [1.165, 1.54) is 6.21 Å². The van der Waals surface area contributed by atoms with Crippen LogP contribution in [0.4, 0.5) is 0 Å². The largest absolute Gasteiger partial charge is 0.493 e. The van der Waals surface area contributed by atoms with Gasteiger partial charge in [0.2, 0.25) is 0 Å². The van der Waals surface area contributed by atoms with Crippen LogP contribution in [0.3, 0.4) is 0 Å². The topological polar surface area (TPSA) is 80.2 Å². The van der Waals surface area contributed by atoms with E-state index in [-0.39, 0.29) is 0 Å². The van der Waals surface area contributed by atoms with Gasteiger partial charge in [0.05, 0.1) is 17.8 Å². The lowest BCUT2D eigenvalue weighted by Gasteiger charge is -2.27. The van der Waals surface area contributed by atoms with Gasteiger partial charge in [0.15, 0.2) is 17.1 Å². The third kappa shape index (κ3) is 6.38. The van der Waals surface area contributed by atoms with E-state index in [1.54, 1.807) is 61.7 Å². The van der Waals surface area contributed by atoms with E-state index in [9.17, 15) is 9.90 Å². The number of amides is 1. The summed E-state index contributed by atoms with van der Waals surface area (Å²) in [6.45, 7) is 0.382. The number of halogens is 2. The molecule has 188 valence electrons. The lowest BCUT2D eigenvalue weighted by atomic mass is 9.85. The van der Waals surface area contributed by atoms with Crippen molar-refractivity contribution in [3.05, 3.63) is 127 Å². The summed E-state index contributed by atoms with van der Waals surface area (Å²) in [6, 6.07) is 29.2. The summed E-state index contributed by atoms with van der Waals surface area (Å²) in [6.07, 6.45) is 1.48. The smallest absolute Gasteiger partial charge is 0.281 e. The van der Waals surface area contributed by atoms with E-state index in [1.807, 2.05) is 42.5 Å². The summed E-state index contributed by atoms with van der Waals surface area (Å²) in [4.78, 5) is 13.2. The molecular weight excluding hydrogens is 647 g/mol. The molecule has 0 aliphatic heterocycles. The van der Waals surface area contributed by atoms with Crippen LogP contribution in [0.25, 0.3) is 0 Å². The summed E-state index contributed by atoms with van der Waals surface area (Å²) >= 11 is 5.80. The molecule has 4 aromatic rings. The molecule has 0 saturated heterocycles. The van der Waals surface area contributed by atoms with Crippen molar-refractivity contribution in [2.75, 3.05) is 7.11 Å². The van der Waals surface area contributed by atoms with Crippen molar-refractivity contribution < 1.29 is 19.4 Å². The van der Waals surface area contributed by atoms with Gasteiger partial charge in [-0.3, -0.25) is 4.79 Å². The predicted molar refractivity (Wildman–Crippen MR) is 156 cm³/mol. The number of hydrogen-bond acceptors (Lipinski definition) is 5. The van der Waals surface area contributed by atoms with E-state index in [0.29, 0.717) is 39.3 Å². The second-order valence-corrected chi connectivity index (χ2v) is 10.2. The third-order valence-corrected chi connectivity index (χ3v) is 6.95. The number of carbonyl (C=O) groups is 1. The molecule has 0 radical (unpaired) electrons. The van der Waals surface area contributed by atoms with E-state index in [0.717, 1.165) is 9.13 Å². The molecule has 0 aromatic heterocycles. The lowest BCUT2D eigenvalue weighted by Crippen LogP contribution is -2.43. The molecule has 6 nitrogen and oxygen atoms in total. The Morgan fingerprint density at radius 2 is 1.59 bits per heavy atom. The van der Waals surface area contributed by atoms with E-state index >= 15 is 0 Å². The second kappa shape index (κ2) is 12.4. The molecule has 0 heterocycles. The Labute approximate surface area is 237 Å². The van der Waals surface area contributed by atoms with Crippen LogP contribution in [0.5, 0.6) is 11.5 Å². The molecule has 8 heteroatoms. The highest BCUT2D eigenvalue weighted by molar-refractivity contribution is 14.1. The van der Waals surface area contributed by atoms with Gasteiger partial charge in [-0.2, -0.15) is 5.10 Å². The number of carbonyl (C=O) groups excluding carboxylic acids is 1. The molecule has 0 saturated carbocycles. The van der Waals surface area contributed by atoms with Gasteiger partial charge < -0.3 is 14.6 Å². The van der Waals surface area contributed by atoms with Crippen molar-refractivity contribution in [2.24, 2.45) is 5.10 Å². The first kappa shape index (κ1) is 26.8. The van der Waals surface area contributed by atoms with Crippen LogP contribution in [-0.2, 0) is 17.0 Å². The van der Waals surface area contributed by atoms with Crippen LogP contribution in [0.15, 0.2) is 107 Å². The first-order valence-corrected chi connectivity index (χ1v) is 13.2. The minimum atomic E-state index is -1.91. The molecule has 0 aliphatic carbocycles. The molecule has 0 bridgehead atoms. The molecule has 0 unspecified atom stereocenters. The number of ether oxygens (including phenoxy) is 2. The monoisotopic (exact) mass is 670 g/mol. The Kier molecular flexibility index (Phi) is 8.96. The van der Waals surface area contributed by atoms with Crippen molar-refractivity contribution >= 4 is 50.6 Å². The van der Waals surface area contributed by atoms with Crippen molar-refractivity contribution in [3.8, 4) is 11.5 Å². The minimum Gasteiger partial charge on any atom is -0.493 e. The first-order valence-electron chi connectivity index (χ1n) is 11.3. The molecule has 4 aromatic carbocycles. The summed E-state index contributed by atoms with van der Waals surface area (Å²) in [5, 5.41) is 15.6. The first-order chi connectivity index (χ1) is 17.9. The summed E-state index contributed by atoms with van der Waals surface area (Å²) < 4.78 is 13.4. The van der Waals surface area contributed by atoms with Crippen molar-refractivity contribution in [1.29, 1.82) is 0 Å². The van der Waals surface area contributed by atoms with Gasteiger partial charge >= 0.3 is 0 Å². The van der Waals surface area contributed by atoms with Crippen molar-refractivity contribution in [1.82, 2.24) is 5.43 Å². The quantitative estimate of drug-likeness (QED) is 0.130. The highest BCUT2D eigenvalue weighted by atomic mass is 127. The maximum absolute atomic E-state index is 13.2. The average Bonchev–Trinajstić information content (AvgIpc) is 2.93. The normalized spacial score (nSPS) is 11.4. The van der Waals surface area contributed by atoms with Crippen LogP contribution in [-0.4, -0.2) is 24.3 Å². The Morgan fingerprint density at radius 1 is 1.00 bits per heavy atom. The molecule has 0 atom stereocenters. The molecule has 2 N–H and O–H groups in total. The van der Waals surface area contributed by atoms with Crippen LogP contribution < -0.4 is 14.9 Å². The minimum absolute atomic E-state index is 0.382. The Bertz CT molecular complexity index is 1340. The molecule has 0 spiro atoms. The lowest BCUT2D eigenvalue weighted by molar-refractivity contribution is -0.136. The van der Waals surface area contributed by atoms with E-state index in [2.05, 4.69) is 49.0 Å². The van der Waals surface area contributed by atoms with Gasteiger partial charge in [0, 0.05) is 3.57 Å². The van der Waals surface area contributed by atoms with Gasteiger partial charge in [0.25, 0.3) is 5.91 Å². The van der Waals surface area contributed by atoms with Gasteiger partial charge in [-0.1, -0.05) is 72.8 Å². The van der Waals surface area contributed by atoms with E-state index in [4.69, 9.17) is 9.47 Å². The zero-order chi connectivity index (χ0) is 26.3. The maximum Gasteiger partial charge on any atom is 0.281 e. The SMILES string of the molecule is COc1cc(/C=N\NC(=O)C(O)(c2ccccc2)c2ccccc2)cc(Br)c1OCc1ccc(I)cc1. The summed E-state index contributed by atoms with van der Waals surface area (Å²) in [5.41, 5.74) is 3.14. The Hall–Kier alpha value is -3.21. The average molecular weight is 671 g/mol. The van der Waals surface area contributed by atoms with Crippen molar-refractivity contribution in [3.63, 3.8) is 0 Å². The second-order valence-electron chi connectivity index (χ2n) is 8.09. The Morgan fingerprint density at radius 3 is 2.16 bits per heavy atom. The van der Waals surface area contributed by atoms with Crippen LogP contribution >= 0.6 is 38.5 Å². The fraction of sp³-hybridized carbons (Fsp3) is 0.103. The zero-order valence-corrected chi connectivity index (χ0v) is 23.6. The van der Waals surface area contributed by atoms with Gasteiger partial charge in [0.1, 0.15) is 6.61 Å². The van der Waals surface area contributed by atoms with Crippen molar-refractivity contribution in [2.45, 2.75) is 12.2 Å². The summed E-state index contributed by atoms with van der Waals surface area (Å²) in [7, 11) is 1.56. The standard InChI is InChI=1S/C29H24BrIN2O4/c1-36-26-17-21(16-25(30)27(26)37-19-20-12-14-24(31)15-13-20)18-32-33-28(34)29(35,22-8-4-2-5-9-22)23-10-6-3-7-11-23/h2-18,35H,19H2,1H3,(H,33,34)/b32-18-. The van der Waals surface area contributed by atoms with Crippen LogP contribution in [0, 0.1) is 3.57 Å². The van der Waals surface area contributed by atoms with Gasteiger partial charge in [-0.05, 0) is 85.0 Å². The molecular formula is C29H24BrIN2O4. The molecule has 0 fully saturated rings. The molecule has 37 heavy (non-hydrogen) atoms. The zero-order valence-electron chi connectivity index (χ0n) is 19.9. The Balaban J connectivity index is 1.52. The third-order valence-electron chi connectivity index (χ3n) is 5.64. The highest BCUT2D eigenvalue weighted by Gasteiger charge is 2.39. The molecule has 1 amide bonds. The number of aliphatic hydroxyl groups is 1. The van der Waals surface area contributed by atoms with Gasteiger partial charge in [-0.15, -0.1) is 0 Å². The fourth-order valence-electron chi connectivity index (χ4n) is 3.72. The van der Waals surface area contributed by atoms with Crippen LogP contribution in [0.1, 0.15) is 22.3 Å². The number of methoxy groups -OCH3 is 1. The number of nitrogens with one attached hydrogen (secondary N) is 1. The summed E-state index contributed by atoms with van der Waals surface area (Å²) in [5.74, 6) is 0.396. The molecule has 4 rings (SSSR count). The van der Waals surface area contributed by atoms with Gasteiger partial charge in [-0.25, -0.2) is 5.43 Å². The number of hydrogen-bond donors (Lipinski definition) is 2. The maximum atomic E-state index is 13.2. The molecule has 0 aliphatic rings.